The predicted molar refractivity (Wildman–Crippen MR) is 80.3 cm³/mol. The van der Waals surface area contributed by atoms with Crippen LogP contribution in [0.3, 0.4) is 0 Å². The van der Waals surface area contributed by atoms with Crippen molar-refractivity contribution in [3.8, 4) is 17.6 Å². The lowest BCUT2D eigenvalue weighted by atomic mass is 10.0. The minimum atomic E-state index is -0.655. The molecule has 0 aromatic heterocycles. The van der Waals surface area contributed by atoms with Crippen LogP contribution in [-0.2, 0) is 4.79 Å². The SMILES string of the molecule is CCC(C)(C)NC(=O)C(C)Oc1ccc(C#N)cc1OC. The third-order valence-corrected chi connectivity index (χ3v) is 3.31. The number of nitrogens with one attached hydrogen (secondary N) is 1. The average molecular weight is 290 g/mol. The van der Waals surface area contributed by atoms with Gasteiger partial charge in [0, 0.05) is 11.6 Å². The van der Waals surface area contributed by atoms with Crippen molar-refractivity contribution in [2.24, 2.45) is 0 Å². The highest BCUT2D eigenvalue weighted by molar-refractivity contribution is 5.81. The molecule has 114 valence electrons. The van der Waals surface area contributed by atoms with Crippen LogP contribution in [0.5, 0.6) is 11.5 Å². The van der Waals surface area contributed by atoms with Gasteiger partial charge in [-0.2, -0.15) is 5.26 Å². The molecule has 1 atom stereocenters. The lowest BCUT2D eigenvalue weighted by Gasteiger charge is -2.26. The first-order chi connectivity index (χ1) is 9.82. The van der Waals surface area contributed by atoms with Crippen LogP contribution in [0.4, 0.5) is 0 Å². The number of carbonyl (C=O) groups is 1. The molecule has 21 heavy (non-hydrogen) atoms. The van der Waals surface area contributed by atoms with Gasteiger partial charge in [0.2, 0.25) is 0 Å². The number of methoxy groups -OCH3 is 1. The van der Waals surface area contributed by atoms with E-state index in [4.69, 9.17) is 14.7 Å². The Balaban J connectivity index is 2.81. The van der Waals surface area contributed by atoms with Crippen molar-refractivity contribution in [2.45, 2.75) is 45.8 Å². The van der Waals surface area contributed by atoms with Gasteiger partial charge in [-0.05, 0) is 39.3 Å². The van der Waals surface area contributed by atoms with Gasteiger partial charge < -0.3 is 14.8 Å². The van der Waals surface area contributed by atoms with Gasteiger partial charge in [0.25, 0.3) is 5.91 Å². The molecule has 0 heterocycles. The van der Waals surface area contributed by atoms with Crippen LogP contribution in [0.2, 0.25) is 0 Å². The molecule has 1 rings (SSSR count). The monoisotopic (exact) mass is 290 g/mol. The van der Waals surface area contributed by atoms with Gasteiger partial charge in [-0.1, -0.05) is 6.92 Å². The molecule has 0 saturated heterocycles. The number of nitriles is 1. The van der Waals surface area contributed by atoms with Crippen molar-refractivity contribution < 1.29 is 14.3 Å². The van der Waals surface area contributed by atoms with E-state index >= 15 is 0 Å². The van der Waals surface area contributed by atoms with Gasteiger partial charge in [-0.15, -0.1) is 0 Å². The van der Waals surface area contributed by atoms with Crippen LogP contribution >= 0.6 is 0 Å². The van der Waals surface area contributed by atoms with Crippen molar-refractivity contribution in [2.75, 3.05) is 7.11 Å². The molecule has 1 amide bonds. The maximum atomic E-state index is 12.1. The lowest BCUT2D eigenvalue weighted by Crippen LogP contribution is -2.48. The van der Waals surface area contributed by atoms with Gasteiger partial charge in [0.1, 0.15) is 0 Å². The summed E-state index contributed by atoms with van der Waals surface area (Å²) in [7, 11) is 1.49. The van der Waals surface area contributed by atoms with E-state index in [-0.39, 0.29) is 11.4 Å². The minimum absolute atomic E-state index is 0.187. The summed E-state index contributed by atoms with van der Waals surface area (Å²) in [5, 5.41) is 11.8. The number of amides is 1. The Kier molecular flexibility index (Phi) is 5.60. The molecule has 0 aliphatic carbocycles. The van der Waals surface area contributed by atoms with E-state index in [1.807, 2.05) is 26.8 Å². The number of hydrogen-bond donors (Lipinski definition) is 1. The number of benzene rings is 1. The normalized spacial score (nSPS) is 12.2. The van der Waals surface area contributed by atoms with E-state index in [0.717, 1.165) is 6.42 Å². The minimum Gasteiger partial charge on any atom is -0.493 e. The molecule has 0 fully saturated rings. The first-order valence-electron chi connectivity index (χ1n) is 6.89. The maximum Gasteiger partial charge on any atom is 0.261 e. The van der Waals surface area contributed by atoms with E-state index in [9.17, 15) is 4.79 Å². The zero-order valence-corrected chi connectivity index (χ0v) is 13.2. The molecule has 0 bridgehead atoms. The second kappa shape index (κ2) is 6.98. The zero-order valence-electron chi connectivity index (χ0n) is 13.2. The van der Waals surface area contributed by atoms with Crippen molar-refractivity contribution in [1.29, 1.82) is 5.26 Å². The molecule has 0 aliphatic rings. The molecule has 1 unspecified atom stereocenters. The molecule has 1 aromatic carbocycles. The molecule has 0 aliphatic heterocycles. The number of carbonyl (C=O) groups excluding carboxylic acids is 1. The fourth-order valence-corrected chi connectivity index (χ4v) is 1.60. The van der Waals surface area contributed by atoms with Crippen LogP contribution < -0.4 is 14.8 Å². The average Bonchev–Trinajstić information content (AvgIpc) is 2.47. The fraction of sp³-hybridized carbons (Fsp3) is 0.500. The van der Waals surface area contributed by atoms with E-state index in [0.29, 0.717) is 17.1 Å². The van der Waals surface area contributed by atoms with Gasteiger partial charge in [-0.3, -0.25) is 4.79 Å². The van der Waals surface area contributed by atoms with Crippen molar-refractivity contribution in [3.63, 3.8) is 0 Å². The third-order valence-electron chi connectivity index (χ3n) is 3.31. The van der Waals surface area contributed by atoms with Crippen LogP contribution in [-0.4, -0.2) is 24.7 Å². The first kappa shape index (κ1) is 16.8. The lowest BCUT2D eigenvalue weighted by molar-refractivity contribution is -0.129. The molecular weight excluding hydrogens is 268 g/mol. The second-order valence-corrected chi connectivity index (χ2v) is 5.46. The molecule has 1 aromatic rings. The molecule has 1 N–H and O–H groups in total. The van der Waals surface area contributed by atoms with E-state index < -0.39 is 6.10 Å². The highest BCUT2D eigenvalue weighted by Crippen LogP contribution is 2.28. The largest absolute Gasteiger partial charge is 0.493 e. The van der Waals surface area contributed by atoms with Gasteiger partial charge in [0.15, 0.2) is 17.6 Å². The smallest absolute Gasteiger partial charge is 0.261 e. The number of rotatable bonds is 6. The van der Waals surface area contributed by atoms with Gasteiger partial charge in [-0.25, -0.2) is 0 Å². The quantitative estimate of drug-likeness (QED) is 0.874. The number of nitrogens with zero attached hydrogens (tertiary/aromatic N) is 1. The summed E-state index contributed by atoms with van der Waals surface area (Å²) in [6, 6.07) is 6.86. The molecule has 0 saturated carbocycles. The molecule has 0 spiro atoms. The zero-order chi connectivity index (χ0) is 16.0. The van der Waals surface area contributed by atoms with Crippen LogP contribution in [0.15, 0.2) is 18.2 Å². The van der Waals surface area contributed by atoms with E-state index in [2.05, 4.69) is 5.32 Å². The van der Waals surface area contributed by atoms with Crippen LogP contribution in [0.25, 0.3) is 0 Å². The molecule has 5 heteroatoms. The Morgan fingerprint density at radius 3 is 2.62 bits per heavy atom. The summed E-state index contributed by atoms with van der Waals surface area (Å²) in [6.07, 6.45) is 0.170. The van der Waals surface area contributed by atoms with E-state index in [1.54, 1.807) is 25.1 Å². The Bertz CT molecular complexity index is 547. The topological polar surface area (TPSA) is 71.3 Å². The Labute approximate surface area is 125 Å². The highest BCUT2D eigenvalue weighted by atomic mass is 16.5. The Morgan fingerprint density at radius 1 is 1.43 bits per heavy atom. The first-order valence-corrected chi connectivity index (χ1v) is 6.89. The van der Waals surface area contributed by atoms with E-state index in [1.165, 1.54) is 7.11 Å². The van der Waals surface area contributed by atoms with Crippen LogP contribution in [0, 0.1) is 11.3 Å². The number of ether oxygens (including phenoxy) is 2. The van der Waals surface area contributed by atoms with Crippen molar-refractivity contribution in [1.82, 2.24) is 5.32 Å². The Hall–Kier alpha value is -2.22. The number of hydrogen-bond acceptors (Lipinski definition) is 4. The summed E-state index contributed by atoms with van der Waals surface area (Å²) in [5.74, 6) is 0.685. The van der Waals surface area contributed by atoms with Crippen molar-refractivity contribution >= 4 is 5.91 Å². The van der Waals surface area contributed by atoms with Gasteiger partial charge in [0.05, 0.1) is 18.7 Å². The van der Waals surface area contributed by atoms with Crippen molar-refractivity contribution in [3.05, 3.63) is 23.8 Å². The third kappa shape index (κ3) is 4.67. The highest BCUT2D eigenvalue weighted by Gasteiger charge is 2.23. The Morgan fingerprint density at radius 2 is 2.10 bits per heavy atom. The summed E-state index contributed by atoms with van der Waals surface area (Å²) in [5.41, 5.74) is 0.201. The summed E-state index contributed by atoms with van der Waals surface area (Å²) in [6.45, 7) is 7.61. The molecule has 5 nitrogen and oxygen atoms in total. The second-order valence-electron chi connectivity index (χ2n) is 5.46. The summed E-state index contributed by atoms with van der Waals surface area (Å²) in [4.78, 5) is 12.1. The summed E-state index contributed by atoms with van der Waals surface area (Å²) < 4.78 is 10.8. The fourth-order valence-electron chi connectivity index (χ4n) is 1.60. The molecule has 0 radical (unpaired) electrons. The standard InChI is InChI=1S/C16H22N2O3/c1-6-16(3,4)18-15(19)11(2)21-13-8-7-12(10-17)9-14(13)20-5/h7-9,11H,6H2,1-5H3,(H,18,19). The predicted octanol–water partition coefficient (Wildman–Crippen LogP) is 2.64. The van der Waals surface area contributed by atoms with Gasteiger partial charge >= 0.3 is 0 Å². The van der Waals surface area contributed by atoms with Crippen LogP contribution in [0.1, 0.15) is 39.7 Å². The molecular formula is C16H22N2O3. The summed E-state index contributed by atoms with van der Waals surface area (Å²) >= 11 is 0. The maximum absolute atomic E-state index is 12.1.